The first kappa shape index (κ1) is 32.6. The van der Waals surface area contributed by atoms with Gasteiger partial charge in [0.15, 0.2) is 0 Å². The van der Waals surface area contributed by atoms with Crippen LogP contribution in [0.4, 0.5) is 10.2 Å². The number of halogens is 1. The maximum Gasteiger partial charge on any atom is 0.135 e. The van der Waals surface area contributed by atoms with Gasteiger partial charge >= 0.3 is 0 Å². The van der Waals surface area contributed by atoms with Crippen LogP contribution in [0.2, 0.25) is 0 Å². The zero-order valence-electron chi connectivity index (χ0n) is 26.7. The normalized spacial score (nSPS) is 20.1. The highest BCUT2D eigenvalue weighted by molar-refractivity contribution is 5.49. The molecule has 2 atom stereocenters. The average molecular weight is 588 g/mol. The molecule has 0 saturated carbocycles. The van der Waals surface area contributed by atoms with E-state index in [4.69, 9.17) is 0 Å². The summed E-state index contributed by atoms with van der Waals surface area (Å²) in [5.41, 5.74) is 4.99. The first-order valence-corrected chi connectivity index (χ1v) is 15.7. The summed E-state index contributed by atoms with van der Waals surface area (Å²) >= 11 is 0. The maximum absolute atomic E-state index is 13.3. The van der Waals surface area contributed by atoms with Gasteiger partial charge in [0, 0.05) is 67.9 Å². The van der Waals surface area contributed by atoms with Crippen LogP contribution in [0.1, 0.15) is 62.8 Å². The van der Waals surface area contributed by atoms with Gasteiger partial charge in [-0.3, -0.25) is 4.90 Å². The van der Waals surface area contributed by atoms with Crippen molar-refractivity contribution in [3.05, 3.63) is 102 Å². The largest absolute Gasteiger partial charge is 0.395 e. The lowest BCUT2D eigenvalue weighted by atomic mass is 9.83. The number of hydrogen-bond donors (Lipinski definition) is 1. The zero-order valence-corrected chi connectivity index (χ0v) is 26.7. The Balaban J connectivity index is 0.000000410. The summed E-state index contributed by atoms with van der Waals surface area (Å²) in [6.45, 7) is 18.4. The number of β-amino-alcohol motifs (C(OH)–C–C–N with tert-alkyl or cyclic N) is 1. The number of aryl methyl sites for hydroxylation is 1. The number of aromatic nitrogens is 2. The molecule has 0 amide bonds. The molecule has 3 heterocycles. The molecule has 1 spiro atoms. The van der Waals surface area contributed by atoms with E-state index in [2.05, 4.69) is 90.1 Å². The van der Waals surface area contributed by atoms with Crippen molar-refractivity contribution in [3.8, 4) is 0 Å². The Kier molecular flexibility index (Phi) is 11.3. The molecule has 0 aliphatic carbocycles. The van der Waals surface area contributed by atoms with Crippen LogP contribution in [0.15, 0.2) is 73.8 Å². The smallest absolute Gasteiger partial charge is 0.135 e. The number of aliphatic hydroxyl groups is 1. The molecular weight excluding hydrogens is 537 g/mol. The van der Waals surface area contributed by atoms with E-state index >= 15 is 0 Å². The van der Waals surface area contributed by atoms with E-state index in [0.29, 0.717) is 24.5 Å². The third-order valence-electron chi connectivity index (χ3n) is 8.92. The topological polar surface area (TPSA) is 55.7 Å². The minimum absolute atomic E-state index is 0.192. The van der Waals surface area contributed by atoms with Gasteiger partial charge < -0.3 is 14.9 Å². The molecule has 43 heavy (non-hydrogen) atoms. The van der Waals surface area contributed by atoms with Gasteiger partial charge in [-0.2, -0.15) is 0 Å². The van der Waals surface area contributed by atoms with E-state index in [9.17, 15) is 9.50 Å². The Labute approximate surface area is 258 Å². The Morgan fingerprint density at radius 3 is 2.33 bits per heavy atom. The van der Waals surface area contributed by atoms with Crippen molar-refractivity contribution in [2.24, 2.45) is 5.41 Å². The number of aliphatic hydroxyl groups excluding tert-OH is 1. The highest BCUT2D eigenvalue weighted by atomic mass is 19.1. The van der Waals surface area contributed by atoms with Crippen molar-refractivity contribution in [1.29, 1.82) is 0 Å². The lowest BCUT2D eigenvalue weighted by Crippen LogP contribution is -2.35. The van der Waals surface area contributed by atoms with Gasteiger partial charge in [0.05, 0.1) is 6.61 Å². The molecule has 1 aromatic heterocycles. The van der Waals surface area contributed by atoms with E-state index in [1.807, 2.05) is 24.5 Å². The SMILES string of the molecule is C=CN(C(C)C)C(C)C.Cc1ccc(CC2CC3(CCN(c4ncncc4Cc4ccc(F)cc4)C3)CN2CCO)cc1. The van der Waals surface area contributed by atoms with Crippen LogP contribution in [0.25, 0.3) is 0 Å². The summed E-state index contributed by atoms with van der Waals surface area (Å²) in [6, 6.07) is 17.1. The minimum atomic E-state index is -0.219. The highest BCUT2D eigenvalue weighted by Crippen LogP contribution is 2.44. The second-order valence-electron chi connectivity index (χ2n) is 12.9. The number of hydrogen-bond acceptors (Lipinski definition) is 6. The molecule has 232 valence electrons. The number of benzene rings is 2. The second-order valence-corrected chi connectivity index (χ2v) is 12.9. The van der Waals surface area contributed by atoms with Gasteiger partial charge in [0.2, 0.25) is 0 Å². The fraction of sp³-hybridized carbons (Fsp3) is 0.500. The van der Waals surface area contributed by atoms with Crippen LogP contribution in [0.5, 0.6) is 0 Å². The number of likely N-dealkylation sites (tertiary alicyclic amines) is 1. The molecule has 7 heteroatoms. The fourth-order valence-corrected chi connectivity index (χ4v) is 6.85. The molecule has 5 rings (SSSR count). The number of nitrogens with zero attached hydrogens (tertiary/aromatic N) is 5. The molecule has 2 saturated heterocycles. The van der Waals surface area contributed by atoms with Crippen molar-refractivity contribution >= 4 is 5.82 Å². The minimum Gasteiger partial charge on any atom is -0.395 e. The van der Waals surface area contributed by atoms with Crippen molar-refractivity contribution in [1.82, 2.24) is 19.8 Å². The first-order valence-electron chi connectivity index (χ1n) is 15.7. The van der Waals surface area contributed by atoms with Crippen LogP contribution < -0.4 is 4.90 Å². The van der Waals surface area contributed by atoms with Gasteiger partial charge in [-0.05, 0) is 83.3 Å². The van der Waals surface area contributed by atoms with Crippen molar-refractivity contribution in [2.75, 3.05) is 37.7 Å². The first-order chi connectivity index (χ1) is 20.6. The lowest BCUT2D eigenvalue weighted by Gasteiger charge is -2.28. The van der Waals surface area contributed by atoms with Gasteiger partial charge in [0.1, 0.15) is 18.0 Å². The molecule has 0 bridgehead atoms. The van der Waals surface area contributed by atoms with Crippen LogP contribution >= 0.6 is 0 Å². The second kappa shape index (κ2) is 14.9. The van der Waals surface area contributed by atoms with Crippen LogP contribution in [0.3, 0.4) is 0 Å². The van der Waals surface area contributed by atoms with Gasteiger partial charge in [0.25, 0.3) is 0 Å². The van der Waals surface area contributed by atoms with E-state index in [0.717, 1.165) is 62.4 Å². The molecule has 1 N–H and O–H groups in total. The Morgan fingerprint density at radius 2 is 1.72 bits per heavy atom. The highest BCUT2D eigenvalue weighted by Gasteiger charge is 2.48. The molecule has 2 unspecified atom stereocenters. The van der Waals surface area contributed by atoms with E-state index in [1.54, 1.807) is 6.33 Å². The maximum atomic E-state index is 13.3. The summed E-state index contributed by atoms with van der Waals surface area (Å²) in [5.74, 6) is 0.774. The van der Waals surface area contributed by atoms with Gasteiger partial charge in [-0.15, -0.1) is 0 Å². The molecule has 2 aromatic carbocycles. The Morgan fingerprint density at radius 1 is 1.05 bits per heavy atom. The molecule has 3 aromatic rings. The van der Waals surface area contributed by atoms with Crippen LogP contribution in [-0.4, -0.2) is 75.8 Å². The van der Waals surface area contributed by atoms with Crippen LogP contribution in [-0.2, 0) is 12.8 Å². The van der Waals surface area contributed by atoms with Crippen molar-refractivity contribution < 1.29 is 9.50 Å². The van der Waals surface area contributed by atoms with Gasteiger partial charge in [-0.25, -0.2) is 14.4 Å². The average Bonchev–Trinajstić information content (AvgIpc) is 3.54. The Bertz CT molecular complexity index is 1290. The third kappa shape index (κ3) is 8.64. The van der Waals surface area contributed by atoms with Crippen LogP contribution in [0, 0.1) is 18.2 Å². The van der Waals surface area contributed by atoms with Gasteiger partial charge in [-0.1, -0.05) is 48.5 Å². The van der Waals surface area contributed by atoms with E-state index < -0.39 is 0 Å². The number of rotatable bonds is 10. The van der Waals surface area contributed by atoms with E-state index in [-0.39, 0.29) is 17.8 Å². The number of anilines is 1. The summed E-state index contributed by atoms with van der Waals surface area (Å²) in [6.07, 6.45) is 9.38. The third-order valence-corrected chi connectivity index (χ3v) is 8.92. The molecule has 2 aliphatic heterocycles. The standard InChI is InChI=1S/C28H33FN4O.C8H17N/c1-21-2-4-23(5-3-21)15-26-16-28(18-32(26)12-13-34)10-11-33(19-28)27-24(17-30-20-31-27)14-22-6-8-25(29)9-7-22;1-6-9(7(2)3)8(4)5/h2-9,17,20,26,34H,10-16,18-19H2,1H3;6-8H,1H2,2-5H3. The molecule has 2 aliphatic rings. The quantitative estimate of drug-likeness (QED) is 0.302. The lowest BCUT2D eigenvalue weighted by molar-refractivity contribution is 0.176. The molecular formula is C36H50FN5O. The summed E-state index contributed by atoms with van der Waals surface area (Å²) in [4.78, 5) is 16.1. The monoisotopic (exact) mass is 587 g/mol. The summed E-state index contributed by atoms with van der Waals surface area (Å²) < 4.78 is 13.3. The summed E-state index contributed by atoms with van der Waals surface area (Å²) in [7, 11) is 0. The zero-order chi connectivity index (χ0) is 31.0. The Hall–Kier alpha value is -3.29. The fourth-order valence-electron chi connectivity index (χ4n) is 6.85. The predicted octanol–water partition coefficient (Wildman–Crippen LogP) is 6.27. The molecule has 0 radical (unpaired) electrons. The van der Waals surface area contributed by atoms with E-state index in [1.165, 1.54) is 23.3 Å². The van der Waals surface area contributed by atoms with Crippen molar-refractivity contribution in [2.45, 2.75) is 78.4 Å². The van der Waals surface area contributed by atoms with Crippen molar-refractivity contribution in [3.63, 3.8) is 0 Å². The molecule has 6 nitrogen and oxygen atoms in total. The predicted molar refractivity (Wildman–Crippen MR) is 175 cm³/mol. The summed E-state index contributed by atoms with van der Waals surface area (Å²) in [5, 5.41) is 9.71. The molecule has 2 fully saturated rings.